The minimum Gasteiger partial charge on any atom is -0.368 e. The average molecular weight is 298 g/mol. The molecular weight excluding hydrogens is 278 g/mol. The van der Waals surface area contributed by atoms with E-state index in [1.165, 1.54) is 32.4 Å². The van der Waals surface area contributed by atoms with Crippen molar-refractivity contribution in [1.29, 1.82) is 0 Å². The lowest BCUT2D eigenvalue weighted by Crippen LogP contribution is -2.41. The first-order valence-corrected chi connectivity index (χ1v) is 7.15. The van der Waals surface area contributed by atoms with E-state index >= 15 is 0 Å². The topological polar surface area (TPSA) is 28.2 Å². The van der Waals surface area contributed by atoms with Crippen LogP contribution in [0.5, 0.6) is 0 Å². The Morgan fingerprint density at radius 3 is 2.82 bits per heavy atom. The highest BCUT2D eigenvalue weighted by Crippen LogP contribution is 2.13. The van der Waals surface area contributed by atoms with E-state index in [0.717, 1.165) is 17.0 Å². The Hall–Kier alpha value is -0.610. The molecule has 0 aromatic carbocycles. The molecule has 1 aliphatic heterocycles. The normalized spacial score (nSPS) is 18.9. The van der Waals surface area contributed by atoms with E-state index in [1.807, 2.05) is 18.2 Å². The van der Waals surface area contributed by atoms with Crippen LogP contribution in [0.1, 0.15) is 26.2 Å². The first-order chi connectivity index (χ1) is 8.25. The van der Waals surface area contributed by atoms with Crippen LogP contribution >= 0.6 is 15.9 Å². The third-order valence-corrected chi connectivity index (χ3v) is 3.75. The second-order valence-electron chi connectivity index (χ2n) is 4.67. The van der Waals surface area contributed by atoms with Crippen molar-refractivity contribution in [3.05, 3.63) is 22.8 Å². The molecule has 0 saturated carbocycles. The van der Waals surface area contributed by atoms with Gasteiger partial charge in [-0.1, -0.05) is 12.5 Å². The Kier molecular flexibility index (Phi) is 4.80. The van der Waals surface area contributed by atoms with Crippen LogP contribution in [-0.2, 0) is 0 Å². The quantitative estimate of drug-likeness (QED) is 0.866. The van der Waals surface area contributed by atoms with Crippen LogP contribution in [0.25, 0.3) is 0 Å². The van der Waals surface area contributed by atoms with Crippen molar-refractivity contribution in [2.24, 2.45) is 0 Å². The van der Waals surface area contributed by atoms with Gasteiger partial charge in [0.2, 0.25) is 0 Å². The number of hydrogen-bond acceptors (Lipinski definition) is 3. The van der Waals surface area contributed by atoms with Crippen molar-refractivity contribution in [2.45, 2.75) is 32.2 Å². The molecule has 0 spiro atoms. The highest BCUT2D eigenvalue weighted by atomic mass is 79.9. The molecule has 94 valence electrons. The van der Waals surface area contributed by atoms with Gasteiger partial charge in [0.25, 0.3) is 0 Å². The lowest BCUT2D eigenvalue weighted by Gasteiger charge is -2.32. The molecule has 1 fully saturated rings. The number of hydrogen-bond donors (Lipinski definition) is 1. The van der Waals surface area contributed by atoms with Gasteiger partial charge in [0.05, 0.1) is 0 Å². The van der Waals surface area contributed by atoms with Crippen LogP contribution in [-0.4, -0.2) is 35.6 Å². The van der Waals surface area contributed by atoms with Crippen LogP contribution in [0.3, 0.4) is 0 Å². The summed E-state index contributed by atoms with van der Waals surface area (Å²) >= 11 is 3.38. The molecule has 4 heteroatoms. The van der Waals surface area contributed by atoms with Gasteiger partial charge in [-0.3, -0.25) is 4.90 Å². The van der Waals surface area contributed by atoms with Crippen molar-refractivity contribution < 1.29 is 0 Å². The van der Waals surface area contributed by atoms with Gasteiger partial charge in [-0.15, -0.1) is 0 Å². The highest BCUT2D eigenvalue weighted by Gasteiger charge is 2.16. The SMILES string of the molecule is CC(CNc1cccc(Br)n1)N1CCCCC1. The molecule has 0 bridgehead atoms. The summed E-state index contributed by atoms with van der Waals surface area (Å²) in [4.78, 5) is 6.94. The van der Waals surface area contributed by atoms with Gasteiger partial charge >= 0.3 is 0 Å². The van der Waals surface area contributed by atoms with Crippen molar-refractivity contribution in [1.82, 2.24) is 9.88 Å². The summed E-state index contributed by atoms with van der Waals surface area (Å²) in [6.45, 7) is 5.74. The van der Waals surface area contributed by atoms with E-state index in [1.54, 1.807) is 0 Å². The van der Waals surface area contributed by atoms with Crippen LogP contribution in [0.2, 0.25) is 0 Å². The van der Waals surface area contributed by atoms with Crippen molar-refractivity contribution in [3.8, 4) is 0 Å². The predicted molar refractivity (Wildman–Crippen MR) is 75.3 cm³/mol. The fourth-order valence-corrected chi connectivity index (χ4v) is 2.59. The van der Waals surface area contributed by atoms with E-state index in [2.05, 4.69) is 38.1 Å². The molecule has 2 heterocycles. The van der Waals surface area contributed by atoms with Crippen LogP contribution in [0, 0.1) is 0 Å². The van der Waals surface area contributed by atoms with Crippen LogP contribution in [0.4, 0.5) is 5.82 Å². The number of anilines is 1. The monoisotopic (exact) mass is 297 g/mol. The standard InChI is InChI=1S/C13H20BrN3/c1-11(17-8-3-2-4-9-17)10-15-13-7-5-6-12(14)16-13/h5-7,11H,2-4,8-10H2,1H3,(H,15,16). The first-order valence-electron chi connectivity index (χ1n) is 6.36. The molecule has 0 aliphatic carbocycles. The minimum absolute atomic E-state index is 0.580. The molecule has 0 amide bonds. The summed E-state index contributed by atoms with van der Waals surface area (Å²) in [5.74, 6) is 0.947. The number of halogens is 1. The summed E-state index contributed by atoms with van der Waals surface area (Å²) in [5, 5.41) is 3.40. The van der Waals surface area contributed by atoms with E-state index in [9.17, 15) is 0 Å². The molecule has 0 radical (unpaired) electrons. The maximum absolute atomic E-state index is 4.38. The molecule has 17 heavy (non-hydrogen) atoms. The second-order valence-corrected chi connectivity index (χ2v) is 5.48. The summed E-state index contributed by atoms with van der Waals surface area (Å²) in [6, 6.07) is 6.54. The molecule has 1 unspecified atom stereocenters. The second kappa shape index (κ2) is 6.36. The van der Waals surface area contributed by atoms with Gasteiger partial charge in [-0.2, -0.15) is 0 Å². The zero-order valence-corrected chi connectivity index (χ0v) is 11.9. The maximum Gasteiger partial charge on any atom is 0.127 e. The number of aromatic nitrogens is 1. The molecule has 1 saturated heterocycles. The average Bonchev–Trinajstić information content (AvgIpc) is 2.37. The predicted octanol–water partition coefficient (Wildman–Crippen LogP) is 3.13. The first kappa shape index (κ1) is 12.8. The number of piperidine rings is 1. The van der Waals surface area contributed by atoms with E-state index in [4.69, 9.17) is 0 Å². The molecule has 1 N–H and O–H groups in total. The maximum atomic E-state index is 4.38. The molecule has 2 rings (SSSR count). The van der Waals surface area contributed by atoms with E-state index < -0.39 is 0 Å². The van der Waals surface area contributed by atoms with Gasteiger partial charge in [0.15, 0.2) is 0 Å². The van der Waals surface area contributed by atoms with Crippen molar-refractivity contribution in [2.75, 3.05) is 25.0 Å². The summed E-state index contributed by atoms with van der Waals surface area (Å²) < 4.78 is 0.883. The van der Waals surface area contributed by atoms with Crippen molar-refractivity contribution >= 4 is 21.7 Å². The summed E-state index contributed by atoms with van der Waals surface area (Å²) in [6.07, 6.45) is 4.09. The van der Waals surface area contributed by atoms with Gasteiger partial charge in [-0.05, 0) is 60.9 Å². The minimum atomic E-state index is 0.580. The fraction of sp³-hybridized carbons (Fsp3) is 0.615. The van der Waals surface area contributed by atoms with E-state index in [0.29, 0.717) is 6.04 Å². The number of pyridine rings is 1. The number of likely N-dealkylation sites (tertiary alicyclic amines) is 1. The summed E-state index contributed by atoms with van der Waals surface area (Å²) in [5.41, 5.74) is 0. The van der Waals surface area contributed by atoms with Gasteiger partial charge in [-0.25, -0.2) is 4.98 Å². The van der Waals surface area contributed by atoms with E-state index in [-0.39, 0.29) is 0 Å². The summed E-state index contributed by atoms with van der Waals surface area (Å²) in [7, 11) is 0. The smallest absolute Gasteiger partial charge is 0.127 e. The largest absolute Gasteiger partial charge is 0.368 e. The zero-order chi connectivity index (χ0) is 12.1. The van der Waals surface area contributed by atoms with Crippen molar-refractivity contribution in [3.63, 3.8) is 0 Å². The molecule has 3 nitrogen and oxygen atoms in total. The molecule has 1 aromatic rings. The van der Waals surface area contributed by atoms with Gasteiger partial charge in [0.1, 0.15) is 10.4 Å². The number of nitrogens with one attached hydrogen (secondary N) is 1. The Labute approximate surface area is 112 Å². The third-order valence-electron chi connectivity index (χ3n) is 3.31. The molecule has 1 aliphatic rings. The fourth-order valence-electron chi connectivity index (χ4n) is 2.25. The zero-order valence-electron chi connectivity index (χ0n) is 10.3. The molecule has 1 aromatic heterocycles. The lowest BCUT2D eigenvalue weighted by atomic mass is 10.1. The third kappa shape index (κ3) is 3.96. The Morgan fingerprint density at radius 1 is 1.35 bits per heavy atom. The Bertz CT molecular complexity index is 350. The lowest BCUT2D eigenvalue weighted by molar-refractivity contribution is 0.180. The number of rotatable bonds is 4. The highest BCUT2D eigenvalue weighted by molar-refractivity contribution is 9.10. The van der Waals surface area contributed by atoms with Crippen LogP contribution < -0.4 is 5.32 Å². The van der Waals surface area contributed by atoms with Gasteiger partial charge in [0, 0.05) is 12.6 Å². The number of nitrogens with zero attached hydrogens (tertiary/aromatic N) is 2. The molecule has 1 atom stereocenters. The van der Waals surface area contributed by atoms with Crippen LogP contribution in [0.15, 0.2) is 22.8 Å². The van der Waals surface area contributed by atoms with Gasteiger partial charge < -0.3 is 5.32 Å². The molecular formula is C13H20BrN3. The Balaban J connectivity index is 1.80. The Morgan fingerprint density at radius 2 is 2.12 bits per heavy atom.